The highest BCUT2D eigenvalue weighted by Gasteiger charge is 2.39. The van der Waals surface area contributed by atoms with Crippen molar-refractivity contribution in [3.63, 3.8) is 0 Å². The van der Waals surface area contributed by atoms with Crippen LogP contribution in [0, 0.1) is 0 Å². The molecule has 0 saturated carbocycles. The number of carboxylic acids is 1. The molecule has 26 heavy (non-hydrogen) atoms. The summed E-state index contributed by atoms with van der Waals surface area (Å²) in [6, 6.07) is 17.4. The lowest BCUT2D eigenvalue weighted by Gasteiger charge is -2.23. The molecule has 1 N–H and O–H groups in total. The molecule has 4 rings (SSSR count). The van der Waals surface area contributed by atoms with Gasteiger partial charge in [-0.25, -0.2) is 8.42 Å². The fourth-order valence-corrected chi connectivity index (χ4v) is 6.00. The van der Waals surface area contributed by atoms with Gasteiger partial charge in [0.05, 0.1) is 11.7 Å². The summed E-state index contributed by atoms with van der Waals surface area (Å²) in [4.78, 5) is 11.1. The Kier molecular flexibility index (Phi) is 4.07. The van der Waals surface area contributed by atoms with Crippen molar-refractivity contribution in [2.45, 2.75) is 36.1 Å². The summed E-state index contributed by atoms with van der Waals surface area (Å²) in [5, 5.41) is 9.48. The average Bonchev–Trinajstić information content (AvgIpc) is 2.93. The monoisotopic (exact) mass is 369 g/mol. The molecule has 134 valence electrons. The molecule has 1 unspecified atom stereocenters. The van der Waals surface area contributed by atoms with E-state index in [2.05, 4.69) is 0 Å². The Morgan fingerprint density at radius 2 is 1.77 bits per heavy atom. The third-order valence-corrected chi connectivity index (χ3v) is 7.32. The van der Waals surface area contributed by atoms with Gasteiger partial charge in [0.15, 0.2) is 9.84 Å². The van der Waals surface area contributed by atoms with E-state index in [0.717, 1.165) is 22.0 Å². The average molecular weight is 369 g/mol. The first kappa shape index (κ1) is 16.8. The lowest BCUT2D eigenvalue weighted by Crippen LogP contribution is -2.31. The standard InChI is InChI=1S/C20H19NO4S/c22-19(23)12-15-10-11-17-16-8-4-5-9-18(16)21(20(17)26(15,24)25)13-14-6-2-1-3-7-14/h1-9,15H,10-13H2,(H,22,23). The molecule has 2 aromatic carbocycles. The fraction of sp³-hybridized carbons (Fsp3) is 0.250. The SMILES string of the molecule is O=C(O)CC1CCc2c(n(Cc3ccccc3)c3ccccc23)S1(=O)=O. The number of rotatable bonds is 4. The summed E-state index contributed by atoms with van der Waals surface area (Å²) >= 11 is 0. The molecule has 3 aromatic rings. The largest absolute Gasteiger partial charge is 0.481 e. The lowest BCUT2D eigenvalue weighted by molar-refractivity contribution is -0.137. The molecule has 6 heteroatoms. The number of carbonyl (C=O) groups is 1. The zero-order chi connectivity index (χ0) is 18.3. The van der Waals surface area contributed by atoms with E-state index >= 15 is 0 Å². The number of sulfone groups is 1. The minimum absolute atomic E-state index is 0.292. The molecule has 0 amide bonds. The quantitative estimate of drug-likeness (QED) is 0.766. The van der Waals surface area contributed by atoms with Crippen LogP contribution in [-0.4, -0.2) is 29.3 Å². The van der Waals surface area contributed by atoms with E-state index in [4.69, 9.17) is 5.11 Å². The number of aryl methyl sites for hydroxylation is 1. The van der Waals surface area contributed by atoms with Crippen molar-refractivity contribution < 1.29 is 18.3 Å². The van der Waals surface area contributed by atoms with E-state index < -0.39 is 21.1 Å². The number of hydrogen-bond acceptors (Lipinski definition) is 3. The van der Waals surface area contributed by atoms with E-state index in [1.54, 1.807) is 0 Å². The highest BCUT2D eigenvalue weighted by atomic mass is 32.2. The highest BCUT2D eigenvalue weighted by Crippen LogP contribution is 2.38. The molecular formula is C20H19NO4S. The fourth-order valence-electron chi connectivity index (χ4n) is 3.87. The summed E-state index contributed by atoms with van der Waals surface area (Å²) in [5.41, 5.74) is 2.70. The Morgan fingerprint density at radius 1 is 1.08 bits per heavy atom. The van der Waals surface area contributed by atoms with Crippen molar-refractivity contribution >= 4 is 26.7 Å². The molecule has 0 bridgehead atoms. The minimum Gasteiger partial charge on any atom is -0.481 e. The second-order valence-electron chi connectivity index (χ2n) is 6.68. The Bertz CT molecular complexity index is 1080. The van der Waals surface area contributed by atoms with Gasteiger partial charge in [-0.15, -0.1) is 0 Å². The summed E-state index contributed by atoms with van der Waals surface area (Å²) in [6.07, 6.45) is 0.574. The third-order valence-electron chi connectivity index (χ3n) is 5.03. The maximum atomic E-state index is 13.2. The van der Waals surface area contributed by atoms with E-state index in [1.165, 1.54) is 0 Å². The Morgan fingerprint density at radius 3 is 2.50 bits per heavy atom. The van der Waals surface area contributed by atoms with Crippen LogP contribution in [0.5, 0.6) is 0 Å². The van der Waals surface area contributed by atoms with Crippen LogP contribution < -0.4 is 0 Å². The summed E-state index contributed by atoms with van der Waals surface area (Å²) in [5.74, 6) is -1.08. The van der Waals surface area contributed by atoms with Crippen molar-refractivity contribution in [1.82, 2.24) is 4.57 Å². The van der Waals surface area contributed by atoms with Crippen LogP contribution in [0.25, 0.3) is 10.9 Å². The van der Waals surface area contributed by atoms with Gasteiger partial charge in [-0.2, -0.15) is 0 Å². The van der Waals surface area contributed by atoms with E-state index in [1.807, 2.05) is 59.2 Å². The maximum absolute atomic E-state index is 13.2. The molecule has 1 aromatic heterocycles. The molecule has 1 aliphatic rings. The second kappa shape index (κ2) is 6.29. The number of nitrogens with zero attached hydrogens (tertiary/aromatic N) is 1. The number of carboxylic acid groups (broad SMARTS) is 1. The maximum Gasteiger partial charge on any atom is 0.304 e. The smallest absolute Gasteiger partial charge is 0.304 e. The molecule has 0 spiro atoms. The third kappa shape index (κ3) is 2.70. The van der Waals surface area contributed by atoms with Crippen molar-refractivity contribution in [3.05, 3.63) is 65.7 Å². The molecule has 1 aliphatic heterocycles. The molecule has 2 heterocycles. The highest BCUT2D eigenvalue weighted by molar-refractivity contribution is 7.92. The first-order chi connectivity index (χ1) is 12.5. The molecule has 1 atom stereocenters. The topological polar surface area (TPSA) is 76.4 Å². The second-order valence-corrected chi connectivity index (χ2v) is 8.82. The summed E-state index contributed by atoms with van der Waals surface area (Å²) < 4.78 is 28.3. The Hall–Kier alpha value is -2.60. The van der Waals surface area contributed by atoms with Gasteiger partial charge in [0.2, 0.25) is 0 Å². The van der Waals surface area contributed by atoms with Gasteiger partial charge in [-0.1, -0.05) is 48.5 Å². The van der Waals surface area contributed by atoms with E-state index in [0.29, 0.717) is 24.4 Å². The summed E-state index contributed by atoms with van der Waals surface area (Å²) in [6.45, 7) is 0.440. The van der Waals surface area contributed by atoms with Gasteiger partial charge >= 0.3 is 5.97 Å². The van der Waals surface area contributed by atoms with Crippen LogP contribution in [0.4, 0.5) is 0 Å². The zero-order valence-electron chi connectivity index (χ0n) is 14.1. The predicted molar refractivity (Wildman–Crippen MR) is 99.0 cm³/mol. The Balaban J connectivity index is 1.93. The van der Waals surface area contributed by atoms with Crippen molar-refractivity contribution in [3.8, 4) is 0 Å². The van der Waals surface area contributed by atoms with Crippen LogP contribution in [0.2, 0.25) is 0 Å². The first-order valence-corrected chi connectivity index (χ1v) is 10.1. The molecular weight excluding hydrogens is 350 g/mol. The van der Waals surface area contributed by atoms with Crippen LogP contribution in [-0.2, 0) is 27.6 Å². The van der Waals surface area contributed by atoms with Gasteiger partial charge < -0.3 is 9.67 Å². The molecule has 0 fully saturated rings. The number of para-hydroxylation sites is 1. The van der Waals surface area contributed by atoms with Gasteiger partial charge in [-0.3, -0.25) is 4.79 Å². The lowest BCUT2D eigenvalue weighted by atomic mass is 10.1. The number of benzene rings is 2. The minimum atomic E-state index is -3.71. The first-order valence-electron chi connectivity index (χ1n) is 8.58. The van der Waals surface area contributed by atoms with Crippen LogP contribution in [0.15, 0.2) is 59.6 Å². The van der Waals surface area contributed by atoms with E-state index in [-0.39, 0.29) is 6.42 Å². The number of fused-ring (bicyclic) bond motifs is 3. The van der Waals surface area contributed by atoms with E-state index in [9.17, 15) is 13.2 Å². The number of aliphatic carboxylic acids is 1. The van der Waals surface area contributed by atoms with Gasteiger partial charge in [0.25, 0.3) is 0 Å². The molecule has 0 aliphatic carbocycles. The summed E-state index contributed by atoms with van der Waals surface area (Å²) in [7, 11) is -3.71. The Labute approximate surface area is 151 Å². The van der Waals surface area contributed by atoms with Crippen LogP contribution in [0.3, 0.4) is 0 Å². The zero-order valence-corrected chi connectivity index (χ0v) is 14.9. The van der Waals surface area contributed by atoms with Crippen molar-refractivity contribution in [2.24, 2.45) is 0 Å². The van der Waals surface area contributed by atoms with Gasteiger partial charge in [0.1, 0.15) is 5.03 Å². The van der Waals surface area contributed by atoms with Crippen LogP contribution in [0.1, 0.15) is 24.0 Å². The normalized spacial score (nSPS) is 18.5. The molecule has 0 radical (unpaired) electrons. The van der Waals surface area contributed by atoms with Crippen LogP contribution >= 0.6 is 0 Å². The molecule has 0 saturated heterocycles. The van der Waals surface area contributed by atoms with Gasteiger partial charge in [0, 0.05) is 17.4 Å². The van der Waals surface area contributed by atoms with Gasteiger partial charge in [-0.05, 0) is 30.0 Å². The predicted octanol–water partition coefficient (Wildman–Crippen LogP) is 3.25. The molecule has 5 nitrogen and oxygen atoms in total. The van der Waals surface area contributed by atoms with Crippen molar-refractivity contribution in [1.29, 1.82) is 0 Å². The number of hydrogen-bond donors (Lipinski definition) is 1. The number of aromatic nitrogens is 1. The van der Waals surface area contributed by atoms with Crippen molar-refractivity contribution in [2.75, 3.05) is 0 Å².